The van der Waals surface area contributed by atoms with Gasteiger partial charge < -0.3 is 29.7 Å². The third-order valence-electron chi connectivity index (χ3n) is 13.9. The average molecular weight is 1040 g/mol. The van der Waals surface area contributed by atoms with Gasteiger partial charge >= 0.3 is 0 Å². The molecule has 19 heteroatoms. The molecule has 10 rings (SSSR count). The highest BCUT2D eigenvalue weighted by Gasteiger charge is 2.45. The lowest BCUT2D eigenvalue weighted by Gasteiger charge is -2.40. The van der Waals surface area contributed by atoms with Gasteiger partial charge in [0, 0.05) is 106 Å². The Labute approximate surface area is 420 Å². The molecular weight excluding hydrogens is 986 g/mol. The van der Waals surface area contributed by atoms with E-state index in [0.717, 1.165) is 102 Å². The van der Waals surface area contributed by atoms with Crippen molar-refractivity contribution in [1.29, 1.82) is 0 Å². The highest BCUT2D eigenvalue weighted by atomic mass is 79.9. The summed E-state index contributed by atoms with van der Waals surface area (Å²) >= 11 is 3.63. The molecule has 0 spiro atoms. The Morgan fingerprint density at radius 1 is 0.775 bits per heavy atom. The number of hydrogen-bond donors (Lipinski definition) is 3. The molecule has 2 aromatic heterocycles. The van der Waals surface area contributed by atoms with Crippen molar-refractivity contribution in [3.8, 4) is 28.0 Å². The van der Waals surface area contributed by atoms with E-state index in [9.17, 15) is 23.7 Å². The number of carbonyl (C=O) groups is 4. The molecule has 3 N–H and O–H groups in total. The van der Waals surface area contributed by atoms with Gasteiger partial charge in [-0.1, -0.05) is 36.4 Å². The first-order valence-electron chi connectivity index (χ1n) is 23.8. The van der Waals surface area contributed by atoms with Crippen LogP contribution < -0.4 is 35.8 Å². The van der Waals surface area contributed by atoms with Crippen LogP contribution in [-0.2, 0) is 21.2 Å². The molecule has 6 heterocycles. The van der Waals surface area contributed by atoms with Gasteiger partial charge in [0.15, 0.2) is 0 Å². The average Bonchev–Trinajstić information content (AvgIpc) is 3.91. The molecule has 71 heavy (non-hydrogen) atoms. The molecule has 0 bridgehead atoms. The Morgan fingerprint density at radius 3 is 2.24 bits per heavy atom. The number of ether oxygens (including phenoxy) is 1. The summed E-state index contributed by atoms with van der Waals surface area (Å²) in [4.78, 5) is 68.7. The maximum Gasteiger partial charge on any atom is 0.262 e. The molecule has 4 amide bonds. The number of methoxy groups -OCH3 is 1. The first-order valence-corrected chi connectivity index (χ1v) is 27.2. The van der Waals surface area contributed by atoms with E-state index in [1.165, 1.54) is 0 Å². The van der Waals surface area contributed by atoms with Gasteiger partial charge in [0.2, 0.25) is 17.8 Å². The van der Waals surface area contributed by atoms with Crippen molar-refractivity contribution in [2.45, 2.75) is 31.7 Å². The summed E-state index contributed by atoms with van der Waals surface area (Å²) in [5.74, 6) is 0.00204. The van der Waals surface area contributed by atoms with E-state index in [1.54, 1.807) is 43.5 Å². The van der Waals surface area contributed by atoms with Gasteiger partial charge in [-0.2, -0.15) is 10.1 Å². The fourth-order valence-electron chi connectivity index (χ4n) is 10.1. The van der Waals surface area contributed by atoms with Crippen molar-refractivity contribution in [3.63, 3.8) is 0 Å². The number of amides is 4. The smallest absolute Gasteiger partial charge is 0.262 e. The summed E-state index contributed by atoms with van der Waals surface area (Å²) in [5.41, 5.74) is 7.88. The molecule has 0 radical (unpaired) electrons. The van der Waals surface area contributed by atoms with Crippen LogP contribution in [0.5, 0.6) is 5.75 Å². The number of aryl methyl sites for hydroxylation is 1. The van der Waals surface area contributed by atoms with Crippen LogP contribution in [0.4, 0.5) is 34.5 Å². The molecule has 4 aliphatic rings. The SMILES string of the molecule is COc1cc(N2CCC(CN3CCN(c4ccc5c(c4)C(=O)N([C@H]4CCC(=O)NC4=O)C5=O)CC3)CC2)c(-c2cnn(C)c2)cc1Nc1ncc(Br)c(Nc2ccc(-c3ccccc3)cc2P(C)(C)=O)n1. The number of imide groups is 2. The molecule has 3 fully saturated rings. The first kappa shape index (κ1) is 47.8. The summed E-state index contributed by atoms with van der Waals surface area (Å²) in [7, 11) is 0.852. The summed E-state index contributed by atoms with van der Waals surface area (Å²) < 4.78 is 22.1. The van der Waals surface area contributed by atoms with Crippen LogP contribution in [-0.4, -0.2) is 125 Å². The molecule has 0 aliphatic carbocycles. The van der Waals surface area contributed by atoms with Crippen LogP contribution in [0.2, 0.25) is 0 Å². The van der Waals surface area contributed by atoms with Gasteiger partial charge in [-0.25, -0.2) is 4.98 Å². The standard InChI is InChI=1S/C52H55BrN11O6P/c1-60-31-35(28-55-60)38-26-42(57-52-54-29-40(53)48(59-52)56-41-13-10-34(24-46(41)71(3,4)69)33-8-6-5-7-9-33)45(70-2)27-44(38)63-18-16-32(17-19-63)30-61-20-22-62(23-21-61)36-11-12-37-39(25-36)51(68)64(50(37)67)43-14-15-47(65)58-49(43)66/h5-13,24-29,31-32,43H,14-23,30H2,1-4H3,(H,58,65,66)(H2,54,56,57,59)/t43-/m0/s1. The maximum absolute atomic E-state index is 13.7. The Balaban J connectivity index is 0.797. The number of halogens is 1. The second kappa shape index (κ2) is 19.7. The van der Waals surface area contributed by atoms with Gasteiger partial charge in [-0.05, 0) is 102 Å². The van der Waals surface area contributed by atoms with Gasteiger partial charge in [-0.15, -0.1) is 0 Å². The van der Waals surface area contributed by atoms with Crippen LogP contribution in [0.1, 0.15) is 46.4 Å². The van der Waals surface area contributed by atoms with E-state index in [-0.39, 0.29) is 18.4 Å². The van der Waals surface area contributed by atoms with Crippen molar-refractivity contribution in [2.75, 3.05) is 86.7 Å². The Morgan fingerprint density at radius 2 is 1.54 bits per heavy atom. The molecule has 366 valence electrons. The lowest BCUT2D eigenvalue weighted by molar-refractivity contribution is -0.136. The van der Waals surface area contributed by atoms with E-state index < -0.39 is 36.8 Å². The predicted molar refractivity (Wildman–Crippen MR) is 279 cm³/mol. The highest BCUT2D eigenvalue weighted by molar-refractivity contribution is 9.10. The molecule has 4 aliphatic heterocycles. The van der Waals surface area contributed by atoms with E-state index in [0.29, 0.717) is 44.8 Å². The number of benzene rings is 4. The Bertz CT molecular complexity index is 3110. The Kier molecular flexibility index (Phi) is 13.3. The quantitative estimate of drug-likeness (QED) is 0.0763. The van der Waals surface area contributed by atoms with Crippen molar-refractivity contribution in [3.05, 3.63) is 113 Å². The summed E-state index contributed by atoms with van der Waals surface area (Å²) in [5, 5.41) is 14.4. The van der Waals surface area contributed by atoms with Crippen LogP contribution in [0, 0.1) is 5.92 Å². The number of fused-ring (bicyclic) bond motifs is 1. The summed E-state index contributed by atoms with van der Waals surface area (Å²) in [6.07, 6.45) is 7.81. The number of nitrogens with one attached hydrogen (secondary N) is 3. The van der Waals surface area contributed by atoms with Crippen molar-refractivity contribution < 1.29 is 28.5 Å². The maximum atomic E-state index is 13.7. The molecule has 0 saturated carbocycles. The highest BCUT2D eigenvalue weighted by Crippen LogP contribution is 2.43. The fourth-order valence-corrected chi connectivity index (χ4v) is 11.6. The van der Waals surface area contributed by atoms with Gasteiger partial charge in [0.25, 0.3) is 11.8 Å². The van der Waals surface area contributed by atoms with Crippen LogP contribution in [0.15, 0.2) is 102 Å². The van der Waals surface area contributed by atoms with Crippen molar-refractivity contribution in [1.82, 2.24) is 34.9 Å². The third-order valence-corrected chi connectivity index (χ3v) is 16.0. The molecule has 3 saturated heterocycles. The minimum absolute atomic E-state index is 0.0823. The van der Waals surface area contributed by atoms with E-state index in [4.69, 9.17) is 9.72 Å². The second-order valence-corrected chi connectivity index (χ2v) is 23.0. The van der Waals surface area contributed by atoms with Gasteiger partial charge in [0.1, 0.15) is 24.8 Å². The van der Waals surface area contributed by atoms with E-state index in [2.05, 4.69) is 68.8 Å². The van der Waals surface area contributed by atoms with E-state index in [1.807, 2.05) is 74.0 Å². The zero-order valence-electron chi connectivity index (χ0n) is 40.0. The number of hydrogen-bond acceptors (Lipinski definition) is 14. The Hall–Kier alpha value is -6.88. The zero-order valence-corrected chi connectivity index (χ0v) is 42.5. The number of rotatable bonds is 13. The molecular formula is C52H55BrN11O6P. The molecule has 4 aromatic carbocycles. The molecule has 1 atom stereocenters. The number of anilines is 6. The number of piperazine rings is 1. The number of nitrogens with zero attached hydrogens (tertiary/aromatic N) is 8. The zero-order chi connectivity index (χ0) is 49.6. The van der Waals surface area contributed by atoms with Crippen LogP contribution >= 0.6 is 23.1 Å². The van der Waals surface area contributed by atoms with Gasteiger partial charge in [-0.3, -0.25) is 39.0 Å². The molecule has 6 aromatic rings. The fraction of sp³-hybridized carbons (Fsp3) is 0.327. The normalized spacial score (nSPS) is 17.9. The monoisotopic (exact) mass is 1040 g/mol. The summed E-state index contributed by atoms with van der Waals surface area (Å²) in [6, 6.07) is 24.5. The largest absolute Gasteiger partial charge is 0.494 e. The topological polar surface area (TPSA) is 187 Å². The third kappa shape index (κ3) is 9.93. The second-order valence-electron chi connectivity index (χ2n) is 19.0. The van der Waals surface area contributed by atoms with Crippen molar-refractivity contribution >= 4 is 86.5 Å². The van der Waals surface area contributed by atoms with E-state index >= 15 is 0 Å². The minimum atomic E-state index is -2.72. The first-order chi connectivity index (χ1) is 34.2. The van der Waals surface area contributed by atoms with Crippen LogP contribution in [0.3, 0.4) is 0 Å². The number of carbonyl (C=O) groups excluding carboxylic acids is 4. The molecule has 0 unspecified atom stereocenters. The number of piperidine rings is 2. The lowest BCUT2D eigenvalue weighted by atomic mass is 9.94. The summed E-state index contributed by atoms with van der Waals surface area (Å²) in [6.45, 7) is 9.55. The number of aromatic nitrogens is 4. The predicted octanol–water partition coefficient (Wildman–Crippen LogP) is 7.49. The van der Waals surface area contributed by atoms with Crippen LogP contribution in [0.25, 0.3) is 22.3 Å². The van der Waals surface area contributed by atoms with Crippen molar-refractivity contribution in [2.24, 2.45) is 13.0 Å². The minimum Gasteiger partial charge on any atom is -0.494 e. The van der Waals surface area contributed by atoms with Gasteiger partial charge in [0.05, 0.1) is 40.3 Å². The lowest BCUT2D eigenvalue weighted by Crippen LogP contribution is -2.54. The molecule has 17 nitrogen and oxygen atoms in total.